The average Bonchev–Trinajstić information content (AvgIpc) is 2.49. The summed E-state index contributed by atoms with van der Waals surface area (Å²) < 4.78 is 8.49. The van der Waals surface area contributed by atoms with Crippen LogP contribution in [0.5, 0.6) is 0 Å². The normalized spacial score (nSPS) is 10.2. The van der Waals surface area contributed by atoms with Crippen LogP contribution < -0.4 is 0 Å². The third-order valence-corrected chi connectivity index (χ3v) is 2.11. The first-order valence-corrected chi connectivity index (χ1v) is 4.68. The van der Waals surface area contributed by atoms with Crippen LogP contribution in [0.2, 0.25) is 0 Å². The van der Waals surface area contributed by atoms with Gasteiger partial charge in [0.1, 0.15) is 10.4 Å². The summed E-state index contributed by atoms with van der Waals surface area (Å²) in [6.45, 7) is 3.39. The number of carbonyl (C=O) groups is 2. The van der Waals surface area contributed by atoms with E-state index in [-0.39, 0.29) is 16.5 Å². The first-order valence-electron chi connectivity index (χ1n) is 3.91. The van der Waals surface area contributed by atoms with E-state index in [9.17, 15) is 9.59 Å². The highest BCUT2D eigenvalue weighted by molar-refractivity contribution is 7.08. The zero-order valence-electron chi connectivity index (χ0n) is 7.68. The van der Waals surface area contributed by atoms with Crippen LogP contribution in [0.4, 0.5) is 0 Å². The average molecular weight is 215 g/mol. The van der Waals surface area contributed by atoms with Crippen LogP contribution in [0.15, 0.2) is 6.20 Å². The molecule has 0 radical (unpaired) electrons. The number of hydrogen-bond donors (Lipinski definition) is 1. The van der Waals surface area contributed by atoms with Gasteiger partial charge in [-0.1, -0.05) is 0 Å². The highest BCUT2D eigenvalue weighted by atomic mass is 32.1. The molecule has 0 aliphatic heterocycles. The van der Waals surface area contributed by atoms with Crippen LogP contribution >= 0.6 is 11.5 Å². The fourth-order valence-corrected chi connectivity index (χ4v) is 1.43. The van der Waals surface area contributed by atoms with Crippen molar-refractivity contribution < 1.29 is 19.4 Å². The minimum atomic E-state index is -1.17. The van der Waals surface area contributed by atoms with Gasteiger partial charge in [-0.3, -0.25) is 0 Å². The molecule has 0 aliphatic carbocycles. The summed E-state index contributed by atoms with van der Waals surface area (Å²) in [7, 11) is 0. The number of esters is 1. The Kier molecular flexibility index (Phi) is 3.19. The molecule has 0 saturated heterocycles. The van der Waals surface area contributed by atoms with Crippen molar-refractivity contribution in [1.29, 1.82) is 0 Å². The number of nitrogens with zero attached hydrogens (tertiary/aromatic N) is 1. The second-order valence-electron chi connectivity index (χ2n) is 2.83. The number of ether oxygens (including phenoxy) is 1. The van der Waals surface area contributed by atoms with Crippen LogP contribution in [0.25, 0.3) is 0 Å². The Morgan fingerprint density at radius 1 is 1.57 bits per heavy atom. The smallest absolute Gasteiger partial charge is 0.351 e. The summed E-state index contributed by atoms with van der Waals surface area (Å²) in [6, 6.07) is 0. The molecule has 0 unspecified atom stereocenters. The van der Waals surface area contributed by atoms with E-state index in [1.165, 1.54) is 0 Å². The number of aromatic nitrogens is 1. The first-order chi connectivity index (χ1) is 6.52. The van der Waals surface area contributed by atoms with Gasteiger partial charge in [0.15, 0.2) is 0 Å². The van der Waals surface area contributed by atoms with Gasteiger partial charge in [-0.15, -0.1) is 0 Å². The molecular formula is C8H9NO4S. The van der Waals surface area contributed by atoms with E-state index in [1.54, 1.807) is 13.8 Å². The molecule has 14 heavy (non-hydrogen) atoms. The van der Waals surface area contributed by atoms with E-state index in [0.29, 0.717) is 0 Å². The lowest BCUT2D eigenvalue weighted by atomic mass is 10.3. The van der Waals surface area contributed by atoms with Crippen LogP contribution in [0, 0.1) is 0 Å². The monoisotopic (exact) mass is 215 g/mol. The molecule has 1 heterocycles. The van der Waals surface area contributed by atoms with Crippen molar-refractivity contribution >= 4 is 23.5 Å². The van der Waals surface area contributed by atoms with Gasteiger partial charge < -0.3 is 9.84 Å². The largest absolute Gasteiger partial charge is 0.478 e. The van der Waals surface area contributed by atoms with Gasteiger partial charge >= 0.3 is 11.9 Å². The molecule has 1 rings (SSSR count). The lowest BCUT2D eigenvalue weighted by molar-refractivity contribution is 0.0377. The van der Waals surface area contributed by atoms with Gasteiger partial charge in [0.25, 0.3) is 0 Å². The highest BCUT2D eigenvalue weighted by Gasteiger charge is 2.21. The number of carboxylic acids is 1. The molecule has 1 aromatic heterocycles. The zero-order valence-corrected chi connectivity index (χ0v) is 8.50. The first kappa shape index (κ1) is 10.6. The number of carbonyl (C=O) groups excluding carboxylic acids is 1. The molecule has 76 valence electrons. The Labute approximate surface area is 84.5 Å². The van der Waals surface area contributed by atoms with Gasteiger partial charge in [0, 0.05) is 0 Å². The summed E-state index contributed by atoms with van der Waals surface area (Å²) in [4.78, 5) is 22.0. The van der Waals surface area contributed by atoms with E-state index in [0.717, 1.165) is 17.7 Å². The third kappa shape index (κ3) is 2.29. The van der Waals surface area contributed by atoms with Gasteiger partial charge in [0.2, 0.25) is 0 Å². The molecule has 5 nitrogen and oxygen atoms in total. The van der Waals surface area contributed by atoms with E-state index < -0.39 is 11.9 Å². The van der Waals surface area contributed by atoms with Crippen molar-refractivity contribution in [2.45, 2.75) is 20.0 Å². The highest BCUT2D eigenvalue weighted by Crippen LogP contribution is 2.15. The Morgan fingerprint density at radius 3 is 2.71 bits per heavy atom. The summed E-state index contributed by atoms with van der Waals surface area (Å²) in [5.41, 5.74) is -0.111. The lowest BCUT2D eigenvalue weighted by Crippen LogP contribution is -2.13. The molecule has 0 amide bonds. The standard InChI is InChI=1S/C8H9NO4S/c1-4(2)13-8(12)6-5(7(10)11)3-9-14-6/h3-4H,1-2H3,(H,10,11). The van der Waals surface area contributed by atoms with E-state index in [4.69, 9.17) is 9.84 Å². The Morgan fingerprint density at radius 2 is 2.21 bits per heavy atom. The molecule has 1 N–H and O–H groups in total. The van der Waals surface area contributed by atoms with Gasteiger partial charge in [-0.25, -0.2) is 9.59 Å². The van der Waals surface area contributed by atoms with Crippen molar-refractivity contribution in [1.82, 2.24) is 4.37 Å². The molecule has 6 heteroatoms. The topological polar surface area (TPSA) is 76.5 Å². The number of hydrogen-bond acceptors (Lipinski definition) is 5. The molecular weight excluding hydrogens is 206 g/mol. The molecule has 0 aromatic carbocycles. The summed E-state index contributed by atoms with van der Waals surface area (Å²) >= 11 is 0.823. The molecule has 0 fully saturated rings. The predicted molar refractivity (Wildman–Crippen MR) is 49.6 cm³/mol. The molecule has 0 saturated carbocycles. The second-order valence-corrected chi connectivity index (χ2v) is 3.63. The molecule has 0 spiro atoms. The SMILES string of the molecule is CC(C)OC(=O)c1sncc1C(=O)O. The van der Waals surface area contributed by atoms with Gasteiger partial charge in [-0.05, 0) is 25.4 Å². The summed E-state index contributed by atoms with van der Waals surface area (Å²) in [6.07, 6.45) is 0.871. The third-order valence-electron chi connectivity index (χ3n) is 1.33. The lowest BCUT2D eigenvalue weighted by Gasteiger charge is -2.05. The van der Waals surface area contributed by atoms with Crippen molar-refractivity contribution in [2.75, 3.05) is 0 Å². The van der Waals surface area contributed by atoms with E-state index in [2.05, 4.69) is 4.37 Å². The van der Waals surface area contributed by atoms with E-state index in [1.807, 2.05) is 0 Å². The van der Waals surface area contributed by atoms with Crippen LogP contribution in [-0.4, -0.2) is 27.5 Å². The van der Waals surface area contributed by atoms with Crippen molar-refractivity contribution in [3.63, 3.8) is 0 Å². The molecule has 0 aliphatic rings. The van der Waals surface area contributed by atoms with Crippen molar-refractivity contribution in [3.05, 3.63) is 16.6 Å². The Hall–Kier alpha value is -1.43. The van der Waals surface area contributed by atoms with Gasteiger partial charge in [0.05, 0.1) is 12.3 Å². The van der Waals surface area contributed by atoms with Crippen molar-refractivity contribution in [2.24, 2.45) is 0 Å². The summed E-state index contributed by atoms with van der Waals surface area (Å²) in [5, 5.41) is 8.70. The predicted octanol–water partition coefficient (Wildman–Crippen LogP) is 1.41. The van der Waals surface area contributed by atoms with E-state index >= 15 is 0 Å². The zero-order chi connectivity index (χ0) is 10.7. The molecule has 1 aromatic rings. The van der Waals surface area contributed by atoms with Crippen LogP contribution in [0.3, 0.4) is 0 Å². The number of carboxylic acid groups (broad SMARTS) is 1. The maximum absolute atomic E-state index is 11.3. The van der Waals surface area contributed by atoms with Crippen molar-refractivity contribution in [3.8, 4) is 0 Å². The fraction of sp³-hybridized carbons (Fsp3) is 0.375. The van der Waals surface area contributed by atoms with Crippen LogP contribution in [-0.2, 0) is 4.74 Å². The number of aromatic carboxylic acids is 1. The minimum absolute atomic E-state index is 0.0335. The molecule has 0 atom stereocenters. The number of rotatable bonds is 3. The maximum atomic E-state index is 11.3. The Bertz CT molecular complexity index is 358. The quantitative estimate of drug-likeness (QED) is 0.771. The van der Waals surface area contributed by atoms with Gasteiger partial charge in [-0.2, -0.15) is 4.37 Å². The minimum Gasteiger partial charge on any atom is -0.478 e. The fourth-order valence-electron chi connectivity index (χ4n) is 0.807. The molecule has 0 bridgehead atoms. The second kappa shape index (κ2) is 4.19. The summed E-state index contributed by atoms with van der Waals surface area (Å²) in [5.74, 6) is -1.81. The maximum Gasteiger partial charge on any atom is 0.351 e. The van der Waals surface area contributed by atoms with Crippen LogP contribution in [0.1, 0.15) is 33.9 Å². The Balaban J connectivity index is 2.90.